The van der Waals surface area contributed by atoms with E-state index in [0.717, 1.165) is 35.8 Å². The van der Waals surface area contributed by atoms with Crippen molar-refractivity contribution in [3.8, 4) is 11.5 Å². The number of ether oxygens (including phenoxy) is 2. The molecule has 3 aromatic carbocycles. The van der Waals surface area contributed by atoms with Crippen molar-refractivity contribution in [1.82, 2.24) is 10.6 Å². The van der Waals surface area contributed by atoms with E-state index < -0.39 is 11.7 Å². The second-order valence-electron chi connectivity index (χ2n) is 9.99. The molecule has 1 heterocycles. The molecule has 2 aliphatic rings. The number of halogens is 3. The summed E-state index contributed by atoms with van der Waals surface area (Å²) in [5, 5.41) is 6.40. The van der Waals surface area contributed by atoms with Gasteiger partial charge in [0.25, 0.3) is 0 Å². The lowest BCUT2D eigenvalue weighted by atomic mass is 9.89. The Morgan fingerprint density at radius 3 is 2.47 bits per heavy atom. The van der Waals surface area contributed by atoms with Crippen molar-refractivity contribution < 1.29 is 27.4 Å². The van der Waals surface area contributed by atoms with E-state index >= 15 is 0 Å². The first kappa shape index (κ1) is 26.1. The van der Waals surface area contributed by atoms with Gasteiger partial charge in [-0.25, -0.2) is 0 Å². The van der Waals surface area contributed by atoms with Gasteiger partial charge in [0.05, 0.1) is 5.56 Å². The van der Waals surface area contributed by atoms with E-state index in [-0.39, 0.29) is 42.7 Å². The Morgan fingerprint density at radius 2 is 1.66 bits per heavy atom. The number of carbonyl (C=O) groups excluding carboxylic acids is 1. The van der Waals surface area contributed by atoms with E-state index in [1.54, 1.807) is 6.07 Å². The number of alkyl halides is 3. The summed E-state index contributed by atoms with van der Waals surface area (Å²) in [6.07, 6.45) is -1.68. The summed E-state index contributed by atoms with van der Waals surface area (Å²) >= 11 is 0. The Balaban J connectivity index is 1.21. The highest BCUT2D eigenvalue weighted by Gasteiger charge is 2.39. The molecule has 5 nitrogen and oxygen atoms in total. The monoisotopic (exact) mass is 524 g/mol. The third kappa shape index (κ3) is 6.30. The van der Waals surface area contributed by atoms with Crippen LogP contribution in [0.1, 0.15) is 35.1 Å². The lowest BCUT2D eigenvalue weighted by Gasteiger charge is -2.19. The van der Waals surface area contributed by atoms with Crippen LogP contribution in [-0.4, -0.2) is 25.3 Å². The summed E-state index contributed by atoms with van der Waals surface area (Å²) in [6, 6.07) is 21.4. The first-order valence-electron chi connectivity index (χ1n) is 13.0. The predicted molar refractivity (Wildman–Crippen MR) is 138 cm³/mol. The zero-order chi connectivity index (χ0) is 26.5. The number of hydrogen-bond acceptors (Lipinski definition) is 4. The molecular weight excluding hydrogens is 493 g/mol. The maximum atomic E-state index is 13.4. The summed E-state index contributed by atoms with van der Waals surface area (Å²) < 4.78 is 51.1. The molecule has 200 valence electrons. The van der Waals surface area contributed by atoms with Crippen LogP contribution in [0.4, 0.5) is 13.2 Å². The van der Waals surface area contributed by atoms with Crippen LogP contribution in [0.3, 0.4) is 0 Å². The lowest BCUT2D eigenvalue weighted by molar-refractivity contribution is -0.138. The summed E-state index contributed by atoms with van der Waals surface area (Å²) in [7, 11) is 0. The van der Waals surface area contributed by atoms with Gasteiger partial charge in [0.2, 0.25) is 12.7 Å². The van der Waals surface area contributed by atoms with E-state index in [2.05, 4.69) is 22.8 Å². The fourth-order valence-corrected chi connectivity index (χ4v) is 5.52. The van der Waals surface area contributed by atoms with Gasteiger partial charge in [0, 0.05) is 25.0 Å². The quantitative estimate of drug-likeness (QED) is 0.387. The molecular formula is C30H31F3N2O3. The van der Waals surface area contributed by atoms with Crippen LogP contribution in [0.15, 0.2) is 72.8 Å². The topological polar surface area (TPSA) is 59.6 Å². The Labute approximate surface area is 220 Å². The third-order valence-corrected chi connectivity index (χ3v) is 7.43. The Bertz CT molecular complexity index is 1250. The SMILES string of the molecule is O=C(NCCc1ccc2c(c1)OCO2)[C@@H]1C[C@H](NCc2ccccc2C(F)(F)F)CC1Cc1ccccc1. The zero-order valence-electron chi connectivity index (χ0n) is 21.0. The summed E-state index contributed by atoms with van der Waals surface area (Å²) in [5.41, 5.74) is 1.80. The molecule has 0 bridgehead atoms. The molecule has 1 saturated carbocycles. The molecule has 1 amide bonds. The van der Waals surface area contributed by atoms with Crippen molar-refractivity contribution in [1.29, 1.82) is 0 Å². The molecule has 3 aromatic rings. The molecule has 0 radical (unpaired) electrons. The molecule has 2 N–H and O–H groups in total. The second kappa shape index (κ2) is 11.5. The van der Waals surface area contributed by atoms with Gasteiger partial charge in [0.1, 0.15) is 0 Å². The van der Waals surface area contributed by atoms with Crippen molar-refractivity contribution >= 4 is 5.91 Å². The fourth-order valence-electron chi connectivity index (χ4n) is 5.52. The van der Waals surface area contributed by atoms with Gasteiger partial charge in [-0.3, -0.25) is 4.79 Å². The highest BCUT2D eigenvalue weighted by Crippen LogP contribution is 2.36. The van der Waals surface area contributed by atoms with E-state index in [1.807, 2.05) is 36.4 Å². The van der Waals surface area contributed by atoms with Gasteiger partial charge >= 0.3 is 6.18 Å². The van der Waals surface area contributed by atoms with Crippen LogP contribution in [0.5, 0.6) is 11.5 Å². The van der Waals surface area contributed by atoms with Gasteiger partial charge in [-0.1, -0.05) is 54.6 Å². The number of carbonyl (C=O) groups is 1. The number of benzene rings is 3. The zero-order valence-corrected chi connectivity index (χ0v) is 21.0. The van der Waals surface area contributed by atoms with Crippen LogP contribution < -0.4 is 20.1 Å². The first-order chi connectivity index (χ1) is 18.4. The Kier molecular flexibility index (Phi) is 7.88. The maximum Gasteiger partial charge on any atom is 0.416 e. The molecule has 0 aromatic heterocycles. The number of amides is 1. The van der Waals surface area contributed by atoms with Crippen molar-refractivity contribution in [3.05, 3.63) is 95.1 Å². The molecule has 38 heavy (non-hydrogen) atoms. The standard InChI is InChI=1S/C30H31F3N2O3/c31-30(32,33)26-9-5-4-8-22(26)18-35-24-16-23(14-20-6-2-1-3-7-20)25(17-24)29(36)34-13-12-21-10-11-27-28(15-21)38-19-37-27/h1-11,15,23-25,35H,12-14,16-19H2,(H,34,36)/t23?,24-,25-/m1/s1. The second-order valence-corrected chi connectivity index (χ2v) is 9.99. The normalized spacial score (nSPS) is 20.4. The first-order valence-corrected chi connectivity index (χ1v) is 13.0. The minimum Gasteiger partial charge on any atom is -0.454 e. The summed E-state index contributed by atoms with van der Waals surface area (Å²) in [5.74, 6) is 1.31. The fraction of sp³-hybridized carbons (Fsp3) is 0.367. The van der Waals surface area contributed by atoms with Crippen molar-refractivity contribution in [2.75, 3.05) is 13.3 Å². The molecule has 1 aliphatic heterocycles. The van der Waals surface area contributed by atoms with E-state index in [9.17, 15) is 18.0 Å². The highest BCUT2D eigenvalue weighted by atomic mass is 19.4. The minimum atomic E-state index is -4.40. The molecule has 1 unspecified atom stereocenters. The molecule has 1 fully saturated rings. The molecule has 3 atom stereocenters. The number of rotatable bonds is 9. The van der Waals surface area contributed by atoms with E-state index in [4.69, 9.17) is 9.47 Å². The Hall–Kier alpha value is -3.52. The smallest absolute Gasteiger partial charge is 0.416 e. The number of hydrogen-bond donors (Lipinski definition) is 2. The average molecular weight is 525 g/mol. The van der Waals surface area contributed by atoms with Crippen LogP contribution in [-0.2, 0) is 30.4 Å². The number of fused-ring (bicyclic) bond motifs is 1. The van der Waals surface area contributed by atoms with Gasteiger partial charge in [-0.15, -0.1) is 0 Å². The Morgan fingerprint density at radius 1 is 0.895 bits per heavy atom. The molecule has 5 rings (SSSR count). The maximum absolute atomic E-state index is 13.4. The molecule has 1 aliphatic carbocycles. The molecule has 8 heteroatoms. The van der Waals surface area contributed by atoms with Crippen molar-refractivity contribution in [3.63, 3.8) is 0 Å². The van der Waals surface area contributed by atoms with Gasteiger partial charge < -0.3 is 20.1 Å². The third-order valence-electron chi connectivity index (χ3n) is 7.43. The summed E-state index contributed by atoms with van der Waals surface area (Å²) in [6.45, 7) is 0.817. The number of nitrogens with one attached hydrogen (secondary N) is 2. The van der Waals surface area contributed by atoms with Gasteiger partial charge in [-0.2, -0.15) is 13.2 Å². The van der Waals surface area contributed by atoms with Crippen LogP contribution in [0, 0.1) is 11.8 Å². The minimum absolute atomic E-state index is 0.00772. The largest absolute Gasteiger partial charge is 0.454 e. The van der Waals surface area contributed by atoms with Gasteiger partial charge in [-0.05, 0) is 66.5 Å². The van der Waals surface area contributed by atoms with Crippen molar-refractivity contribution in [2.45, 2.75) is 44.4 Å². The van der Waals surface area contributed by atoms with Crippen LogP contribution >= 0.6 is 0 Å². The lowest BCUT2D eigenvalue weighted by Crippen LogP contribution is -2.35. The van der Waals surface area contributed by atoms with Crippen LogP contribution in [0.25, 0.3) is 0 Å². The van der Waals surface area contributed by atoms with E-state index in [1.165, 1.54) is 12.1 Å². The molecule has 0 spiro atoms. The molecule has 0 saturated heterocycles. The van der Waals surface area contributed by atoms with Crippen LogP contribution in [0.2, 0.25) is 0 Å². The predicted octanol–water partition coefficient (Wildman–Crippen LogP) is 5.52. The summed E-state index contributed by atoms with van der Waals surface area (Å²) in [4.78, 5) is 13.3. The van der Waals surface area contributed by atoms with E-state index in [0.29, 0.717) is 25.1 Å². The highest BCUT2D eigenvalue weighted by molar-refractivity contribution is 5.79. The van der Waals surface area contributed by atoms with Gasteiger partial charge in [0.15, 0.2) is 11.5 Å². The average Bonchev–Trinajstić information content (AvgIpc) is 3.54. The van der Waals surface area contributed by atoms with Crippen molar-refractivity contribution in [2.24, 2.45) is 11.8 Å².